The maximum absolute atomic E-state index is 12.9. The number of likely N-dealkylation sites (tertiary alicyclic amines) is 1. The Morgan fingerprint density at radius 3 is 2.50 bits per heavy atom. The largest absolute Gasteiger partial charge is 0.365 e. The quantitative estimate of drug-likeness (QED) is 0.607. The van der Waals surface area contributed by atoms with Gasteiger partial charge in [0.1, 0.15) is 5.69 Å². The number of nitro benzene ring substituents is 1. The number of amides is 1. The van der Waals surface area contributed by atoms with Crippen LogP contribution in [0.15, 0.2) is 18.2 Å². The first-order chi connectivity index (χ1) is 12.7. The maximum Gasteiger partial charge on any atom is 0.293 e. The molecule has 2 saturated heterocycles. The number of anilines is 1. The van der Waals surface area contributed by atoms with Crippen molar-refractivity contribution < 1.29 is 9.72 Å². The van der Waals surface area contributed by atoms with E-state index < -0.39 is 0 Å². The molecule has 2 aliphatic heterocycles. The Labute approximate surface area is 172 Å². The second-order valence-electron chi connectivity index (χ2n) is 8.80. The average Bonchev–Trinajstić information content (AvgIpc) is 3.02. The smallest absolute Gasteiger partial charge is 0.293 e. The summed E-state index contributed by atoms with van der Waals surface area (Å²) < 4.78 is 0. The topological polar surface area (TPSA) is 92.7 Å². The van der Waals surface area contributed by atoms with Gasteiger partial charge < -0.3 is 15.5 Å². The number of piperidine rings is 1. The molecule has 2 aliphatic rings. The summed E-state index contributed by atoms with van der Waals surface area (Å²) in [7, 11) is 0. The van der Waals surface area contributed by atoms with Crippen molar-refractivity contribution in [1.82, 2.24) is 4.90 Å². The molecule has 0 radical (unpaired) electrons. The van der Waals surface area contributed by atoms with E-state index in [0.29, 0.717) is 42.7 Å². The fraction of sp³-hybridized carbons (Fsp3) is 0.650. The molecule has 156 valence electrons. The minimum atomic E-state index is -0.371. The van der Waals surface area contributed by atoms with Crippen LogP contribution in [0.2, 0.25) is 0 Å². The molecule has 0 bridgehead atoms. The third kappa shape index (κ3) is 4.58. The number of nitrogens with two attached hydrogens (primary N) is 1. The zero-order valence-electron chi connectivity index (χ0n) is 16.9. The second kappa shape index (κ2) is 8.66. The van der Waals surface area contributed by atoms with Crippen LogP contribution in [0.1, 0.15) is 44.0 Å². The van der Waals surface area contributed by atoms with Gasteiger partial charge in [0, 0.05) is 37.8 Å². The predicted molar refractivity (Wildman–Crippen MR) is 113 cm³/mol. The van der Waals surface area contributed by atoms with Crippen LogP contribution in [0.5, 0.6) is 0 Å². The van der Waals surface area contributed by atoms with Gasteiger partial charge in [0.25, 0.3) is 11.6 Å². The first kappa shape index (κ1) is 22.4. The minimum Gasteiger partial charge on any atom is -0.365 e. The molecule has 3 atom stereocenters. The average molecular weight is 411 g/mol. The highest BCUT2D eigenvalue weighted by molar-refractivity contribution is 5.96. The van der Waals surface area contributed by atoms with Gasteiger partial charge in [-0.25, -0.2) is 0 Å². The van der Waals surface area contributed by atoms with Crippen LogP contribution in [-0.2, 0) is 0 Å². The number of carbonyl (C=O) groups is 1. The second-order valence-corrected chi connectivity index (χ2v) is 8.80. The van der Waals surface area contributed by atoms with Crippen molar-refractivity contribution in [1.29, 1.82) is 0 Å². The van der Waals surface area contributed by atoms with Crippen molar-refractivity contribution in [2.45, 2.75) is 33.6 Å². The van der Waals surface area contributed by atoms with E-state index in [1.165, 1.54) is 6.07 Å². The molecule has 8 heteroatoms. The van der Waals surface area contributed by atoms with E-state index in [1.54, 1.807) is 17.0 Å². The highest BCUT2D eigenvalue weighted by Gasteiger charge is 2.36. The van der Waals surface area contributed by atoms with Crippen molar-refractivity contribution in [2.24, 2.45) is 23.0 Å². The Bertz CT molecular complexity index is 734. The number of halogens is 1. The van der Waals surface area contributed by atoms with Crippen LogP contribution < -0.4 is 10.6 Å². The molecule has 1 amide bonds. The zero-order chi connectivity index (χ0) is 19.8. The number of nitro groups is 1. The van der Waals surface area contributed by atoms with Gasteiger partial charge in [-0.05, 0) is 48.8 Å². The molecule has 0 spiro atoms. The molecular formula is C20H31ClN4O3. The number of nitrogens with zero attached hydrogens (tertiary/aromatic N) is 3. The molecule has 2 N–H and O–H groups in total. The van der Waals surface area contributed by atoms with E-state index in [4.69, 9.17) is 5.73 Å². The van der Waals surface area contributed by atoms with E-state index in [2.05, 4.69) is 25.7 Å². The van der Waals surface area contributed by atoms with Crippen molar-refractivity contribution in [3.63, 3.8) is 0 Å². The molecule has 28 heavy (non-hydrogen) atoms. The van der Waals surface area contributed by atoms with Crippen molar-refractivity contribution in [2.75, 3.05) is 37.6 Å². The van der Waals surface area contributed by atoms with Crippen LogP contribution in [0.3, 0.4) is 0 Å². The molecule has 3 rings (SSSR count). The zero-order valence-corrected chi connectivity index (χ0v) is 17.7. The normalized spacial score (nSPS) is 27.4. The Hall–Kier alpha value is -1.86. The van der Waals surface area contributed by atoms with Gasteiger partial charge in [-0.2, -0.15) is 0 Å². The number of rotatable bonds is 4. The highest BCUT2D eigenvalue weighted by atomic mass is 35.5. The molecular weight excluding hydrogens is 380 g/mol. The highest BCUT2D eigenvalue weighted by Crippen LogP contribution is 2.35. The molecule has 7 nitrogen and oxygen atoms in total. The molecule has 2 heterocycles. The Balaban J connectivity index is 0.00000280. The number of carbonyl (C=O) groups excluding carboxylic acids is 1. The summed E-state index contributed by atoms with van der Waals surface area (Å²) in [6.45, 7) is 9.80. The van der Waals surface area contributed by atoms with E-state index in [-0.39, 0.29) is 34.3 Å². The minimum absolute atomic E-state index is 0. The lowest BCUT2D eigenvalue weighted by atomic mass is 9.90. The summed E-state index contributed by atoms with van der Waals surface area (Å²) in [5, 5.41) is 11.7. The molecule has 3 unspecified atom stereocenters. The molecule has 0 aromatic heterocycles. The summed E-state index contributed by atoms with van der Waals surface area (Å²) in [4.78, 5) is 28.1. The molecule has 0 aliphatic carbocycles. The molecule has 2 fully saturated rings. The van der Waals surface area contributed by atoms with Gasteiger partial charge in [-0.15, -0.1) is 12.4 Å². The van der Waals surface area contributed by atoms with E-state index in [0.717, 1.165) is 25.9 Å². The number of hydrogen-bond acceptors (Lipinski definition) is 5. The van der Waals surface area contributed by atoms with E-state index in [1.807, 2.05) is 0 Å². The third-order valence-corrected chi connectivity index (χ3v) is 5.97. The lowest BCUT2D eigenvalue weighted by Crippen LogP contribution is -2.39. The summed E-state index contributed by atoms with van der Waals surface area (Å²) in [5.74, 6) is 0.837. The monoisotopic (exact) mass is 410 g/mol. The standard InChI is InChI=1S/C20H30N4O3.ClH/c1-14-8-15(2)11-23(10-14)17-5-4-16(9-18(17)24(26)27)19(25)22-7-6-20(3,12-21)13-22;/h4-5,9,14-15H,6-8,10-13,21H2,1-3H3;1H. The van der Waals surface area contributed by atoms with Gasteiger partial charge in [-0.3, -0.25) is 14.9 Å². The fourth-order valence-electron chi connectivity index (χ4n) is 4.48. The lowest BCUT2D eigenvalue weighted by Gasteiger charge is -2.36. The van der Waals surface area contributed by atoms with Gasteiger partial charge in [0.2, 0.25) is 0 Å². The van der Waals surface area contributed by atoms with Crippen molar-refractivity contribution in [3.8, 4) is 0 Å². The van der Waals surface area contributed by atoms with Crippen LogP contribution in [0.25, 0.3) is 0 Å². The summed E-state index contributed by atoms with van der Waals surface area (Å²) in [5.41, 5.74) is 6.77. The van der Waals surface area contributed by atoms with E-state index in [9.17, 15) is 14.9 Å². The Morgan fingerprint density at radius 2 is 1.96 bits per heavy atom. The maximum atomic E-state index is 12.9. The van der Waals surface area contributed by atoms with Gasteiger partial charge in [-0.1, -0.05) is 20.8 Å². The summed E-state index contributed by atoms with van der Waals surface area (Å²) >= 11 is 0. The summed E-state index contributed by atoms with van der Waals surface area (Å²) in [6.07, 6.45) is 1.99. The molecule has 1 aromatic rings. The SMILES string of the molecule is CC1CC(C)CN(c2ccc(C(=O)N3CCC(C)(CN)C3)cc2[N+](=O)[O-])C1.Cl. The summed E-state index contributed by atoms with van der Waals surface area (Å²) in [6, 6.07) is 4.92. The van der Waals surface area contributed by atoms with Crippen LogP contribution in [0, 0.1) is 27.4 Å². The van der Waals surface area contributed by atoms with Gasteiger partial charge in [0.15, 0.2) is 0 Å². The third-order valence-electron chi connectivity index (χ3n) is 5.97. The Morgan fingerprint density at radius 1 is 1.32 bits per heavy atom. The van der Waals surface area contributed by atoms with Crippen LogP contribution >= 0.6 is 12.4 Å². The predicted octanol–water partition coefficient (Wildman–Crippen LogP) is 3.31. The van der Waals surface area contributed by atoms with Crippen LogP contribution in [-0.4, -0.2) is 48.5 Å². The first-order valence-electron chi connectivity index (χ1n) is 9.75. The van der Waals surface area contributed by atoms with Crippen molar-refractivity contribution in [3.05, 3.63) is 33.9 Å². The molecule has 0 saturated carbocycles. The Kier molecular flexibility index (Phi) is 6.93. The lowest BCUT2D eigenvalue weighted by molar-refractivity contribution is -0.384. The fourth-order valence-corrected chi connectivity index (χ4v) is 4.48. The molecule has 1 aromatic carbocycles. The van der Waals surface area contributed by atoms with Crippen molar-refractivity contribution >= 4 is 29.7 Å². The van der Waals surface area contributed by atoms with E-state index >= 15 is 0 Å². The van der Waals surface area contributed by atoms with Gasteiger partial charge in [0.05, 0.1) is 4.92 Å². The van der Waals surface area contributed by atoms with Crippen LogP contribution in [0.4, 0.5) is 11.4 Å². The first-order valence-corrected chi connectivity index (χ1v) is 9.75. The van der Waals surface area contributed by atoms with Gasteiger partial charge >= 0.3 is 0 Å². The number of benzene rings is 1. The number of hydrogen-bond donors (Lipinski definition) is 1.